The van der Waals surface area contributed by atoms with Crippen molar-refractivity contribution in [2.24, 2.45) is 5.92 Å². The number of benzene rings is 1. The number of hydrogen-bond acceptors (Lipinski definition) is 5. The van der Waals surface area contributed by atoms with Gasteiger partial charge in [-0.1, -0.05) is 30.7 Å². The molecule has 0 aromatic heterocycles. The highest BCUT2D eigenvalue weighted by Crippen LogP contribution is 2.21. The predicted octanol–water partition coefficient (Wildman–Crippen LogP) is 1.24. The molecule has 1 aromatic rings. The lowest BCUT2D eigenvalue weighted by Gasteiger charge is -2.25. The molecular weight excluding hydrogens is 280 g/mol. The number of rotatable bonds is 7. The molecule has 0 aliphatic carbocycles. The van der Waals surface area contributed by atoms with Crippen LogP contribution in [0.2, 0.25) is 0 Å². The molecule has 0 amide bonds. The maximum absolute atomic E-state index is 12.1. The molecule has 0 spiro atoms. The Balaban J connectivity index is 3.02. The third-order valence-electron chi connectivity index (χ3n) is 3.00. The summed E-state index contributed by atoms with van der Waals surface area (Å²) in [6.45, 7) is 6.45. The summed E-state index contributed by atoms with van der Waals surface area (Å²) in [7, 11) is -4.01. The van der Waals surface area contributed by atoms with Crippen LogP contribution in [0.15, 0.2) is 41.8 Å². The molecule has 5 nitrogen and oxygen atoms in total. The first-order chi connectivity index (χ1) is 9.31. The van der Waals surface area contributed by atoms with Crippen LogP contribution in [-0.2, 0) is 14.3 Å². The van der Waals surface area contributed by atoms with Crippen LogP contribution in [0.3, 0.4) is 0 Å². The van der Waals surface area contributed by atoms with Crippen molar-refractivity contribution in [1.29, 1.82) is 0 Å². The molecule has 0 aliphatic heterocycles. The van der Waals surface area contributed by atoms with E-state index in [4.69, 9.17) is 9.29 Å². The SMILES string of the molecule is C=C[C@H](C)[C@H](OS(=O)(=O)c1ccc(C)cc1)[C@H](O)CO. The second-order valence-corrected chi connectivity index (χ2v) is 6.24. The van der Waals surface area contributed by atoms with Crippen molar-refractivity contribution in [3.63, 3.8) is 0 Å². The van der Waals surface area contributed by atoms with Gasteiger partial charge in [-0.25, -0.2) is 0 Å². The first kappa shape index (κ1) is 16.8. The lowest BCUT2D eigenvalue weighted by molar-refractivity contribution is -0.0133. The van der Waals surface area contributed by atoms with Gasteiger partial charge in [0.15, 0.2) is 0 Å². The van der Waals surface area contributed by atoms with Gasteiger partial charge in [-0.15, -0.1) is 6.58 Å². The quantitative estimate of drug-likeness (QED) is 0.585. The third-order valence-corrected chi connectivity index (χ3v) is 4.33. The van der Waals surface area contributed by atoms with Gasteiger partial charge in [-0.3, -0.25) is 4.18 Å². The lowest BCUT2D eigenvalue weighted by Crippen LogP contribution is -2.38. The van der Waals surface area contributed by atoms with Crippen molar-refractivity contribution >= 4 is 10.1 Å². The summed E-state index contributed by atoms with van der Waals surface area (Å²) in [6, 6.07) is 6.19. The number of aliphatic hydroxyl groups excluding tert-OH is 2. The Bertz CT molecular complexity index is 535. The monoisotopic (exact) mass is 300 g/mol. The van der Waals surface area contributed by atoms with Gasteiger partial charge in [0.2, 0.25) is 0 Å². The van der Waals surface area contributed by atoms with Crippen LogP contribution in [0.5, 0.6) is 0 Å². The fourth-order valence-corrected chi connectivity index (χ4v) is 2.82. The van der Waals surface area contributed by atoms with Gasteiger partial charge in [0.1, 0.15) is 12.2 Å². The number of aliphatic hydroxyl groups is 2. The Morgan fingerprint density at radius 1 is 1.35 bits per heavy atom. The zero-order valence-corrected chi connectivity index (χ0v) is 12.4. The minimum atomic E-state index is -4.01. The van der Waals surface area contributed by atoms with E-state index in [1.807, 2.05) is 6.92 Å². The van der Waals surface area contributed by atoms with Crippen molar-refractivity contribution in [1.82, 2.24) is 0 Å². The molecule has 1 aromatic carbocycles. The first-order valence-electron chi connectivity index (χ1n) is 6.23. The summed E-state index contributed by atoms with van der Waals surface area (Å²) in [4.78, 5) is 0.00880. The highest BCUT2D eigenvalue weighted by molar-refractivity contribution is 7.86. The molecule has 3 atom stereocenters. The molecule has 0 saturated carbocycles. The molecule has 20 heavy (non-hydrogen) atoms. The van der Waals surface area contributed by atoms with E-state index in [0.29, 0.717) is 0 Å². The Morgan fingerprint density at radius 2 is 1.90 bits per heavy atom. The van der Waals surface area contributed by atoms with E-state index in [1.165, 1.54) is 18.2 Å². The van der Waals surface area contributed by atoms with Gasteiger partial charge in [0.25, 0.3) is 10.1 Å². The third kappa shape index (κ3) is 4.14. The van der Waals surface area contributed by atoms with Crippen LogP contribution < -0.4 is 0 Å². The van der Waals surface area contributed by atoms with Gasteiger partial charge in [0, 0.05) is 5.92 Å². The average Bonchev–Trinajstić information content (AvgIpc) is 2.43. The Hall–Kier alpha value is -1.21. The Morgan fingerprint density at radius 3 is 2.35 bits per heavy atom. The van der Waals surface area contributed by atoms with Crippen molar-refractivity contribution in [3.8, 4) is 0 Å². The van der Waals surface area contributed by atoms with Crippen LogP contribution in [0.25, 0.3) is 0 Å². The van der Waals surface area contributed by atoms with Crippen molar-refractivity contribution in [3.05, 3.63) is 42.5 Å². The normalized spacial score (nSPS) is 16.4. The molecule has 0 radical (unpaired) electrons. The van der Waals surface area contributed by atoms with Crippen molar-refractivity contribution in [2.75, 3.05) is 6.61 Å². The molecule has 1 rings (SSSR count). The standard InChI is InChI=1S/C14H20O5S/c1-4-11(3)14(13(16)9-15)19-20(17,18)12-7-5-10(2)6-8-12/h4-8,11,13-16H,1,9H2,2-3H3/t11-,13+,14-/m0/s1. The largest absolute Gasteiger partial charge is 0.394 e. The fraction of sp³-hybridized carbons (Fsp3) is 0.429. The van der Waals surface area contributed by atoms with E-state index < -0.39 is 34.9 Å². The maximum atomic E-state index is 12.1. The fourth-order valence-electron chi connectivity index (χ4n) is 1.65. The van der Waals surface area contributed by atoms with Gasteiger partial charge in [0.05, 0.1) is 11.5 Å². The Labute approximate surface area is 119 Å². The zero-order valence-electron chi connectivity index (χ0n) is 11.6. The molecule has 0 aliphatic rings. The van der Waals surface area contributed by atoms with E-state index in [1.54, 1.807) is 19.1 Å². The van der Waals surface area contributed by atoms with Crippen LogP contribution in [-0.4, -0.2) is 37.4 Å². The highest BCUT2D eigenvalue weighted by atomic mass is 32.2. The van der Waals surface area contributed by atoms with Crippen molar-refractivity contribution < 1.29 is 22.8 Å². The van der Waals surface area contributed by atoms with E-state index in [0.717, 1.165) is 5.56 Å². The number of hydrogen-bond donors (Lipinski definition) is 2. The summed E-state index contributed by atoms with van der Waals surface area (Å²) >= 11 is 0. The predicted molar refractivity (Wildman–Crippen MR) is 75.7 cm³/mol. The summed E-state index contributed by atoms with van der Waals surface area (Å²) in [6.07, 6.45) is -0.916. The minimum Gasteiger partial charge on any atom is -0.394 e. The smallest absolute Gasteiger partial charge is 0.297 e. The maximum Gasteiger partial charge on any atom is 0.297 e. The Kier molecular flexibility index (Phi) is 5.88. The first-order valence-corrected chi connectivity index (χ1v) is 7.64. The van der Waals surface area contributed by atoms with Crippen LogP contribution >= 0.6 is 0 Å². The van der Waals surface area contributed by atoms with E-state index in [2.05, 4.69) is 6.58 Å². The molecule has 112 valence electrons. The molecule has 0 unspecified atom stereocenters. The van der Waals surface area contributed by atoms with Gasteiger partial charge in [-0.2, -0.15) is 8.42 Å². The summed E-state index contributed by atoms with van der Waals surface area (Å²) in [5, 5.41) is 18.7. The molecular formula is C14H20O5S. The van der Waals surface area contributed by atoms with Crippen LogP contribution in [0.4, 0.5) is 0 Å². The number of aryl methyl sites for hydroxylation is 1. The second kappa shape index (κ2) is 6.99. The van der Waals surface area contributed by atoms with E-state index in [-0.39, 0.29) is 4.90 Å². The van der Waals surface area contributed by atoms with Gasteiger partial charge < -0.3 is 10.2 Å². The molecule has 2 N–H and O–H groups in total. The molecule has 0 bridgehead atoms. The van der Waals surface area contributed by atoms with Crippen molar-refractivity contribution in [2.45, 2.75) is 31.0 Å². The summed E-state index contributed by atoms with van der Waals surface area (Å²) < 4.78 is 29.4. The molecule has 6 heteroatoms. The topological polar surface area (TPSA) is 83.8 Å². The van der Waals surface area contributed by atoms with Crippen LogP contribution in [0, 0.1) is 12.8 Å². The minimum absolute atomic E-state index is 0.00880. The second-order valence-electron chi connectivity index (χ2n) is 4.67. The lowest BCUT2D eigenvalue weighted by atomic mass is 10.0. The summed E-state index contributed by atoms with van der Waals surface area (Å²) in [5.41, 5.74) is 0.926. The average molecular weight is 300 g/mol. The van der Waals surface area contributed by atoms with Gasteiger partial charge in [-0.05, 0) is 19.1 Å². The molecule has 0 fully saturated rings. The molecule has 0 heterocycles. The van der Waals surface area contributed by atoms with E-state index in [9.17, 15) is 13.5 Å². The zero-order chi connectivity index (χ0) is 15.3. The highest BCUT2D eigenvalue weighted by Gasteiger charge is 2.30. The van der Waals surface area contributed by atoms with Gasteiger partial charge >= 0.3 is 0 Å². The van der Waals surface area contributed by atoms with E-state index >= 15 is 0 Å². The summed E-state index contributed by atoms with van der Waals surface area (Å²) in [5.74, 6) is -0.433. The van der Waals surface area contributed by atoms with Crippen LogP contribution in [0.1, 0.15) is 12.5 Å². The molecule has 0 saturated heterocycles.